The zero-order valence-electron chi connectivity index (χ0n) is 10.6. The number of hydrogen-bond donors (Lipinski definition) is 1. The fourth-order valence-electron chi connectivity index (χ4n) is 1.54. The Morgan fingerprint density at radius 1 is 1.56 bits per heavy atom. The maximum atomic E-state index is 12.0. The van der Waals surface area contributed by atoms with Gasteiger partial charge in [-0.25, -0.2) is 0 Å². The van der Waals surface area contributed by atoms with Crippen LogP contribution in [0.1, 0.15) is 40.0 Å². The summed E-state index contributed by atoms with van der Waals surface area (Å²) in [5, 5.41) is 2.96. The average Bonchev–Trinajstić information content (AvgIpc) is 2.92. The van der Waals surface area contributed by atoms with E-state index in [1.165, 1.54) is 12.8 Å². The maximum absolute atomic E-state index is 12.0. The molecule has 0 radical (unpaired) electrons. The van der Waals surface area contributed by atoms with Crippen LogP contribution in [0, 0.1) is 5.92 Å². The highest BCUT2D eigenvalue weighted by Crippen LogP contribution is 2.34. The second-order valence-electron chi connectivity index (χ2n) is 5.53. The van der Waals surface area contributed by atoms with E-state index in [9.17, 15) is 4.79 Å². The summed E-state index contributed by atoms with van der Waals surface area (Å²) in [5.74, 6) is 0.682. The first-order valence-electron chi connectivity index (χ1n) is 5.97. The van der Waals surface area contributed by atoms with Gasteiger partial charge in [0.05, 0.1) is 6.61 Å². The van der Waals surface area contributed by atoms with E-state index in [0.29, 0.717) is 12.5 Å². The minimum absolute atomic E-state index is 0.00116. The molecule has 0 saturated heterocycles. The molecule has 0 aromatic heterocycles. The van der Waals surface area contributed by atoms with Crippen LogP contribution in [0.15, 0.2) is 12.7 Å². The van der Waals surface area contributed by atoms with Crippen LogP contribution in [0.4, 0.5) is 0 Å². The van der Waals surface area contributed by atoms with E-state index in [4.69, 9.17) is 4.74 Å². The molecule has 1 amide bonds. The number of rotatable bonds is 6. The van der Waals surface area contributed by atoms with Crippen LogP contribution < -0.4 is 5.32 Å². The lowest BCUT2D eigenvalue weighted by molar-refractivity contribution is -0.134. The van der Waals surface area contributed by atoms with Crippen LogP contribution in [-0.2, 0) is 9.53 Å². The van der Waals surface area contributed by atoms with Crippen LogP contribution in [0.3, 0.4) is 0 Å². The van der Waals surface area contributed by atoms with Crippen molar-refractivity contribution in [2.75, 3.05) is 6.61 Å². The Morgan fingerprint density at radius 2 is 2.19 bits per heavy atom. The third-order valence-corrected chi connectivity index (χ3v) is 2.45. The highest BCUT2D eigenvalue weighted by molar-refractivity contribution is 5.81. The van der Waals surface area contributed by atoms with Crippen LogP contribution in [0.25, 0.3) is 0 Å². The third-order valence-electron chi connectivity index (χ3n) is 2.45. The molecule has 3 nitrogen and oxygen atoms in total. The summed E-state index contributed by atoms with van der Waals surface area (Å²) < 4.78 is 5.52. The molecular weight excluding hydrogens is 202 g/mol. The van der Waals surface area contributed by atoms with Gasteiger partial charge in [0.25, 0.3) is 0 Å². The Balaban J connectivity index is 2.45. The topological polar surface area (TPSA) is 38.3 Å². The first-order valence-corrected chi connectivity index (χ1v) is 5.97. The molecule has 1 aliphatic carbocycles. The van der Waals surface area contributed by atoms with E-state index in [-0.39, 0.29) is 17.6 Å². The fourth-order valence-corrected chi connectivity index (χ4v) is 1.54. The van der Waals surface area contributed by atoms with Crippen LogP contribution >= 0.6 is 0 Å². The van der Waals surface area contributed by atoms with Crippen molar-refractivity contribution in [1.29, 1.82) is 0 Å². The van der Waals surface area contributed by atoms with E-state index < -0.39 is 0 Å². The van der Waals surface area contributed by atoms with Crippen LogP contribution in [0.2, 0.25) is 0 Å². The van der Waals surface area contributed by atoms with Crippen molar-refractivity contribution in [3.8, 4) is 0 Å². The van der Waals surface area contributed by atoms with E-state index in [0.717, 1.165) is 6.42 Å². The summed E-state index contributed by atoms with van der Waals surface area (Å²) in [6.45, 7) is 9.98. The first kappa shape index (κ1) is 13.2. The van der Waals surface area contributed by atoms with Gasteiger partial charge >= 0.3 is 0 Å². The molecule has 1 unspecified atom stereocenters. The van der Waals surface area contributed by atoms with Gasteiger partial charge in [0.15, 0.2) is 0 Å². The smallest absolute Gasteiger partial charge is 0.249 e. The second-order valence-corrected chi connectivity index (χ2v) is 5.53. The van der Waals surface area contributed by atoms with Gasteiger partial charge in [0.1, 0.15) is 6.10 Å². The molecule has 1 aliphatic rings. The molecule has 0 bridgehead atoms. The molecule has 3 heteroatoms. The SMILES string of the molecule is C=CCOC(CC1CC1)C(=O)NC(C)(C)C. The highest BCUT2D eigenvalue weighted by atomic mass is 16.5. The molecule has 1 atom stereocenters. The summed E-state index contributed by atoms with van der Waals surface area (Å²) in [7, 11) is 0. The summed E-state index contributed by atoms with van der Waals surface area (Å²) >= 11 is 0. The van der Waals surface area contributed by atoms with E-state index in [1.54, 1.807) is 6.08 Å². The van der Waals surface area contributed by atoms with E-state index in [2.05, 4.69) is 11.9 Å². The Kier molecular flexibility index (Phi) is 4.54. The van der Waals surface area contributed by atoms with Gasteiger partial charge in [-0.2, -0.15) is 0 Å². The molecule has 1 saturated carbocycles. The Morgan fingerprint density at radius 3 is 2.62 bits per heavy atom. The molecule has 1 fully saturated rings. The molecule has 0 heterocycles. The second kappa shape index (κ2) is 5.48. The molecule has 0 aromatic rings. The van der Waals surface area contributed by atoms with Crippen molar-refractivity contribution >= 4 is 5.91 Å². The third kappa shape index (κ3) is 5.31. The maximum Gasteiger partial charge on any atom is 0.249 e. The minimum atomic E-state index is -0.315. The molecule has 0 spiro atoms. The molecule has 92 valence electrons. The number of nitrogens with one attached hydrogen (secondary N) is 1. The van der Waals surface area contributed by atoms with Gasteiger partial charge < -0.3 is 10.1 Å². The van der Waals surface area contributed by atoms with Crippen molar-refractivity contribution in [2.24, 2.45) is 5.92 Å². The van der Waals surface area contributed by atoms with Gasteiger partial charge in [-0.3, -0.25) is 4.79 Å². The molecule has 1 rings (SSSR count). The standard InChI is InChI=1S/C13H23NO2/c1-5-8-16-11(9-10-6-7-10)12(15)14-13(2,3)4/h5,10-11H,1,6-9H2,2-4H3,(H,14,15). The molecule has 16 heavy (non-hydrogen) atoms. The van der Waals surface area contributed by atoms with Gasteiger partial charge in [0, 0.05) is 5.54 Å². The number of ether oxygens (including phenoxy) is 1. The lowest BCUT2D eigenvalue weighted by atomic mass is 10.1. The van der Waals surface area contributed by atoms with Crippen molar-refractivity contribution in [3.05, 3.63) is 12.7 Å². The van der Waals surface area contributed by atoms with Gasteiger partial charge in [-0.15, -0.1) is 6.58 Å². The highest BCUT2D eigenvalue weighted by Gasteiger charge is 2.31. The lowest BCUT2D eigenvalue weighted by Crippen LogP contribution is -2.46. The van der Waals surface area contributed by atoms with Crippen molar-refractivity contribution < 1.29 is 9.53 Å². The molecule has 0 aliphatic heterocycles. The monoisotopic (exact) mass is 225 g/mol. The predicted molar refractivity (Wildman–Crippen MR) is 65.2 cm³/mol. The Labute approximate surface area is 98.2 Å². The van der Waals surface area contributed by atoms with Gasteiger partial charge in [-0.1, -0.05) is 18.9 Å². The molecular formula is C13H23NO2. The van der Waals surface area contributed by atoms with Gasteiger partial charge in [0.2, 0.25) is 5.91 Å². The van der Waals surface area contributed by atoms with E-state index in [1.807, 2.05) is 20.8 Å². The first-order chi connectivity index (χ1) is 7.42. The Hall–Kier alpha value is -0.830. The number of carbonyl (C=O) groups excluding carboxylic acids is 1. The molecule has 1 N–H and O–H groups in total. The van der Waals surface area contributed by atoms with Crippen LogP contribution in [0.5, 0.6) is 0 Å². The summed E-state index contributed by atoms with van der Waals surface area (Å²) in [6, 6.07) is 0. The number of amides is 1. The zero-order chi connectivity index (χ0) is 12.2. The van der Waals surface area contributed by atoms with E-state index >= 15 is 0 Å². The lowest BCUT2D eigenvalue weighted by Gasteiger charge is -2.24. The average molecular weight is 225 g/mol. The zero-order valence-corrected chi connectivity index (χ0v) is 10.6. The van der Waals surface area contributed by atoms with Crippen molar-refractivity contribution in [1.82, 2.24) is 5.32 Å². The number of carbonyl (C=O) groups is 1. The van der Waals surface area contributed by atoms with Crippen molar-refractivity contribution in [2.45, 2.75) is 51.7 Å². The minimum Gasteiger partial charge on any atom is -0.364 e. The quantitative estimate of drug-likeness (QED) is 0.704. The largest absolute Gasteiger partial charge is 0.364 e. The Bertz CT molecular complexity index is 251. The summed E-state index contributed by atoms with van der Waals surface area (Å²) in [4.78, 5) is 12.0. The predicted octanol–water partition coefficient (Wildman–Crippen LogP) is 2.27. The summed E-state index contributed by atoms with van der Waals surface area (Å²) in [6.07, 6.45) is 4.68. The number of hydrogen-bond acceptors (Lipinski definition) is 2. The fraction of sp³-hybridized carbons (Fsp3) is 0.769. The molecule has 0 aromatic carbocycles. The van der Waals surface area contributed by atoms with Gasteiger partial charge in [-0.05, 0) is 33.1 Å². The normalized spacial score (nSPS) is 17.9. The van der Waals surface area contributed by atoms with Crippen molar-refractivity contribution in [3.63, 3.8) is 0 Å². The summed E-state index contributed by atoms with van der Waals surface area (Å²) in [5.41, 5.74) is -0.198. The van der Waals surface area contributed by atoms with Crippen LogP contribution in [-0.4, -0.2) is 24.2 Å².